The summed E-state index contributed by atoms with van der Waals surface area (Å²) in [6.07, 6.45) is 0.816. The van der Waals surface area contributed by atoms with Crippen molar-refractivity contribution in [1.82, 2.24) is 0 Å². The summed E-state index contributed by atoms with van der Waals surface area (Å²) in [5.41, 5.74) is 6.96. The first-order chi connectivity index (χ1) is 9.41. The van der Waals surface area contributed by atoms with Crippen LogP contribution in [0.3, 0.4) is 0 Å². The molecular weight excluding hydrogens is 250 g/mol. The number of esters is 1. The molecule has 2 N–H and O–H groups in total. The summed E-state index contributed by atoms with van der Waals surface area (Å²) in [6, 6.07) is 9.74. The van der Waals surface area contributed by atoms with Gasteiger partial charge in [-0.15, -0.1) is 0 Å². The second-order valence-corrected chi connectivity index (χ2v) is 6.05. The number of benzene rings is 1. The number of ether oxygens (including phenoxy) is 1. The third-order valence-electron chi connectivity index (χ3n) is 3.72. The van der Waals surface area contributed by atoms with Crippen molar-refractivity contribution in [3.05, 3.63) is 35.9 Å². The highest BCUT2D eigenvalue weighted by Crippen LogP contribution is 2.24. The molecule has 0 saturated heterocycles. The van der Waals surface area contributed by atoms with E-state index in [9.17, 15) is 4.79 Å². The molecule has 0 unspecified atom stereocenters. The molecule has 112 valence electrons. The monoisotopic (exact) mass is 277 g/mol. The SMILES string of the molecule is CC(C)C[C@@H](C(=O)OCc1ccccc1)[C@@H](C)[C@@H](C)N. The second-order valence-electron chi connectivity index (χ2n) is 6.05. The fourth-order valence-electron chi connectivity index (χ4n) is 2.24. The van der Waals surface area contributed by atoms with Gasteiger partial charge in [0.1, 0.15) is 6.61 Å². The number of carbonyl (C=O) groups is 1. The predicted octanol–water partition coefficient (Wildman–Crippen LogP) is 3.38. The van der Waals surface area contributed by atoms with Crippen LogP contribution in [0.15, 0.2) is 30.3 Å². The van der Waals surface area contributed by atoms with Crippen molar-refractivity contribution < 1.29 is 9.53 Å². The van der Waals surface area contributed by atoms with Crippen molar-refractivity contribution in [2.24, 2.45) is 23.5 Å². The molecule has 0 bridgehead atoms. The van der Waals surface area contributed by atoms with Crippen molar-refractivity contribution in [3.63, 3.8) is 0 Å². The van der Waals surface area contributed by atoms with E-state index in [1.807, 2.05) is 44.2 Å². The number of carbonyl (C=O) groups excluding carboxylic acids is 1. The third-order valence-corrected chi connectivity index (χ3v) is 3.72. The lowest BCUT2D eigenvalue weighted by atomic mass is 9.83. The lowest BCUT2D eigenvalue weighted by molar-refractivity contribution is -0.152. The standard InChI is InChI=1S/C17H27NO2/c1-12(2)10-16(13(3)14(4)18)17(19)20-11-15-8-6-5-7-9-15/h5-9,12-14,16H,10-11,18H2,1-4H3/t13-,14+,16+/m0/s1. The summed E-state index contributed by atoms with van der Waals surface area (Å²) in [7, 11) is 0. The first-order valence-corrected chi connectivity index (χ1v) is 7.38. The quantitative estimate of drug-likeness (QED) is 0.777. The van der Waals surface area contributed by atoms with Crippen molar-refractivity contribution in [2.75, 3.05) is 0 Å². The summed E-state index contributed by atoms with van der Waals surface area (Å²) in [5.74, 6) is 0.317. The van der Waals surface area contributed by atoms with E-state index in [-0.39, 0.29) is 23.8 Å². The Balaban J connectivity index is 2.63. The van der Waals surface area contributed by atoms with Gasteiger partial charge in [0.15, 0.2) is 0 Å². The van der Waals surface area contributed by atoms with Crippen LogP contribution in [0, 0.1) is 17.8 Å². The zero-order chi connectivity index (χ0) is 15.1. The van der Waals surface area contributed by atoms with Gasteiger partial charge >= 0.3 is 5.97 Å². The van der Waals surface area contributed by atoms with E-state index in [0.29, 0.717) is 12.5 Å². The van der Waals surface area contributed by atoms with Crippen LogP contribution in [-0.2, 0) is 16.1 Å². The van der Waals surface area contributed by atoms with Gasteiger partial charge in [-0.05, 0) is 30.7 Å². The van der Waals surface area contributed by atoms with Gasteiger partial charge in [-0.1, -0.05) is 51.1 Å². The zero-order valence-electron chi connectivity index (χ0n) is 13.0. The Bertz CT molecular complexity index is 401. The van der Waals surface area contributed by atoms with E-state index in [2.05, 4.69) is 13.8 Å². The average molecular weight is 277 g/mol. The van der Waals surface area contributed by atoms with Gasteiger partial charge in [0.05, 0.1) is 5.92 Å². The molecule has 0 radical (unpaired) electrons. The summed E-state index contributed by atoms with van der Waals surface area (Å²) in [4.78, 5) is 12.3. The molecule has 0 aromatic heterocycles. The van der Waals surface area contributed by atoms with Crippen LogP contribution in [-0.4, -0.2) is 12.0 Å². The number of hydrogen-bond donors (Lipinski definition) is 1. The first-order valence-electron chi connectivity index (χ1n) is 7.38. The molecule has 0 aliphatic carbocycles. The van der Waals surface area contributed by atoms with Crippen LogP contribution in [0.5, 0.6) is 0 Å². The highest BCUT2D eigenvalue weighted by molar-refractivity contribution is 5.72. The minimum absolute atomic E-state index is 0.0111. The molecule has 0 aliphatic rings. The molecule has 3 nitrogen and oxygen atoms in total. The van der Waals surface area contributed by atoms with Crippen LogP contribution >= 0.6 is 0 Å². The Hall–Kier alpha value is -1.35. The summed E-state index contributed by atoms with van der Waals surface area (Å²) >= 11 is 0. The van der Waals surface area contributed by atoms with Crippen LogP contribution in [0.25, 0.3) is 0 Å². The van der Waals surface area contributed by atoms with Crippen LogP contribution in [0.4, 0.5) is 0 Å². The fraction of sp³-hybridized carbons (Fsp3) is 0.588. The lowest BCUT2D eigenvalue weighted by Gasteiger charge is -2.26. The van der Waals surface area contributed by atoms with E-state index < -0.39 is 0 Å². The zero-order valence-corrected chi connectivity index (χ0v) is 13.0. The molecule has 20 heavy (non-hydrogen) atoms. The first kappa shape index (κ1) is 16.7. The molecule has 3 atom stereocenters. The van der Waals surface area contributed by atoms with Crippen molar-refractivity contribution in [1.29, 1.82) is 0 Å². The van der Waals surface area contributed by atoms with Gasteiger partial charge in [-0.3, -0.25) is 4.79 Å². The van der Waals surface area contributed by atoms with E-state index >= 15 is 0 Å². The molecule has 1 aromatic rings. The Kier molecular flexibility index (Phi) is 6.73. The van der Waals surface area contributed by atoms with Gasteiger partial charge in [0, 0.05) is 6.04 Å². The lowest BCUT2D eigenvalue weighted by Crippen LogP contribution is -2.36. The summed E-state index contributed by atoms with van der Waals surface area (Å²) < 4.78 is 5.47. The molecular formula is C17H27NO2. The van der Waals surface area contributed by atoms with Gasteiger partial charge in [0.2, 0.25) is 0 Å². The molecule has 0 amide bonds. The maximum absolute atomic E-state index is 12.3. The van der Waals surface area contributed by atoms with Crippen LogP contribution in [0.1, 0.15) is 39.7 Å². The molecule has 1 rings (SSSR count). The van der Waals surface area contributed by atoms with Crippen LogP contribution < -0.4 is 5.73 Å². The molecule has 1 aromatic carbocycles. The topological polar surface area (TPSA) is 52.3 Å². The van der Waals surface area contributed by atoms with Crippen molar-refractivity contribution in [2.45, 2.75) is 46.8 Å². The average Bonchev–Trinajstić information content (AvgIpc) is 2.42. The highest BCUT2D eigenvalue weighted by atomic mass is 16.5. The minimum Gasteiger partial charge on any atom is -0.461 e. The normalized spacial score (nSPS) is 15.7. The van der Waals surface area contributed by atoms with Crippen molar-refractivity contribution in [3.8, 4) is 0 Å². The van der Waals surface area contributed by atoms with Crippen molar-refractivity contribution >= 4 is 5.97 Å². The second kappa shape index (κ2) is 8.05. The molecule has 0 aliphatic heterocycles. The Morgan fingerprint density at radius 3 is 2.25 bits per heavy atom. The largest absolute Gasteiger partial charge is 0.461 e. The number of rotatable bonds is 7. The minimum atomic E-state index is -0.132. The van der Waals surface area contributed by atoms with Gasteiger partial charge < -0.3 is 10.5 Å². The Labute approximate surface area is 122 Å². The number of hydrogen-bond acceptors (Lipinski definition) is 3. The van der Waals surface area contributed by atoms with E-state index in [4.69, 9.17) is 10.5 Å². The van der Waals surface area contributed by atoms with Gasteiger partial charge in [-0.25, -0.2) is 0 Å². The van der Waals surface area contributed by atoms with E-state index in [1.54, 1.807) is 0 Å². The smallest absolute Gasteiger partial charge is 0.309 e. The van der Waals surface area contributed by atoms with Gasteiger partial charge in [-0.2, -0.15) is 0 Å². The summed E-state index contributed by atoms with van der Waals surface area (Å²) in [5, 5.41) is 0. The maximum atomic E-state index is 12.3. The van der Waals surface area contributed by atoms with E-state index in [0.717, 1.165) is 12.0 Å². The summed E-state index contributed by atoms with van der Waals surface area (Å²) in [6.45, 7) is 8.54. The fourth-order valence-corrected chi connectivity index (χ4v) is 2.24. The van der Waals surface area contributed by atoms with Crippen LogP contribution in [0.2, 0.25) is 0 Å². The number of nitrogens with two attached hydrogens (primary N) is 1. The highest BCUT2D eigenvalue weighted by Gasteiger charge is 2.29. The Morgan fingerprint density at radius 1 is 1.15 bits per heavy atom. The Morgan fingerprint density at radius 2 is 1.75 bits per heavy atom. The predicted molar refractivity (Wildman–Crippen MR) is 82.0 cm³/mol. The molecule has 0 saturated carbocycles. The maximum Gasteiger partial charge on any atom is 0.309 e. The van der Waals surface area contributed by atoms with Gasteiger partial charge in [0.25, 0.3) is 0 Å². The molecule has 0 spiro atoms. The molecule has 0 heterocycles. The third kappa shape index (κ3) is 5.33. The molecule has 0 fully saturated rings. The van der Waals surface area contributed by atoms with E-state index in [1.165, 1.54) is 0 Å². The molecule has 3 heteroatoms.